The highest BCUT2D eigenvalue weighted by atomic mass is 79.9. The molecule has 0 aromatic heterocycles. The summed E-state index contributed by atoms with van der Waals surface area (Å²) in [5, 5.41) is 25.3. The number of hydrogen-bond acceptors (Lipinski definition) is 3. The SMILES string of the molecule is N=C(N=C([OH2+])c1cc(Br)ccc1OCC(=O)O)c1cccc(Cl)c1. The Balaban J connectivity index is 2.33. The lowest BCUT2D eigenvalue weighted by atomic mass is 10.2. The maximum Gasteiger partial charge on any atom is 0.370 e. The summed E-state index contributed by atoms with van der Waals surface area (Å²) in [6, 6.07) is 11.4. The number of rotatable bonds is 5. The van der Waals surface area contributed by atoms with Gasteiger partial charge < -0.3 is 14.9 Å². The molecule has 0 aliphatic carbocycles. The molecule has 0 atom stereocenters. The summed E-state index contributed by atoms with van der Waals surface area (Å²) in [6.45, 7) is -0.534. The van der Waals surface area contributed by atoms with Crippen molar-refractivity contribution in [3.05, 3.63) is 63.1 Å². The van der Waals surface area contributed by atoms with Crippen LogP contribution in [0.2, 0.25) is 5.02 Å². The van der Waals surface area contributed by atoms with Crippen molar-refractivity contribution < 1.29 is 19.7 Å². The van der Waals surface area contributed by atoms with E-state index in [4.69, 9.17) is 32.0 Å². The van der Waals surface area contributed by atoms with Crippen molar-refractivity contribution in [2.45, 2.75) is 0 Å². The molecule has 0 spiro atoms. The van der Waals surface area contributed by atoms with Gasteiger partial charge in [-0.2, -0.15) is 0 Å². The van der Waals surface area contributed by atoms with Gasteiger partial charge in [0.25, 0.3) is 0 Å². The summed E-state index contributed by atoms with van der Waals surface area (Å²) in [7, 11) is 0. The Morgan fingerprint density at radius 2 is 2.08 bits per heavy atom. The van der Waals surface area contributed by atoms with Crippen LogP contribution < -0.4 is 4.74 Å². The average Bonchev–Trinajstić information content (AvgIpc) is 2.53. The first-order valence-corrected chi connectivity index (χ1v) is 7.83. The second-order valence-corrected chi connectivity index (χ2v) is 5.99. The second kappa shape index (κ2) is 7.94. The molecule has 0 saturated heterocycles. The van der Waals surface area contributed by atoms with E-state index in [0.717, 1.165) is 0 Å². The molecule has 124 valence electrons. The van der Waals surface area contributed by atoms with Crippen LogP contribution in [0.5, 0.6) is 5.75 Å². The van der Waals surface area contributed by atoms with Crippen LogP contribution >= 0.6 is 27.5 Å². The van der Waals surface area contributed by atoms with Crippen molar-refractivity contribution in [1.82, 2.24) is 0 Å². The van der Waals surface area contributed by atoms with E-state index in [2.05, 4.69) is 20.9 Å². The maximum absolute atomic E-state index is 10.7. The van der Waals surface area contributed by atoms with Gasteiger partial charge in [0, 0.05) is 15.1 Å². The number of carboxylic acid groups (broad SMARTS) is 1. The van der Waals surface area contributed by atoms with Crippen molar-refractivity contribution in [3.63, 3.8) is 0 Å². The molecule has 0 bridgehead atoms. The summed E-state index contributed by atoms with van der Waals surface area (Å²) in [4.78, 5) is 14.6. The Hall–Kier alpha value is -2.38. The normalized spacial score (nSPS) is 11.2. The fourth-order valence-corrected chi connectivity index (χ4v) is 2.38. The summed E-state index contributed by atoms with van der Waals surface area (Å²) >= 11 is 9.17. The molecule has 2 aromatic carbocycles. The van der Waals surface area contributed by atoms with E-state index in [1.165, 1.54) is 6.07 Å². The predicted octanol–water partition coefficient (Wildman–Crippen LogP) is 3.06. The largest absolute Gasteiger partial charge is 0.578 e. The zero-order valence-electron chi connectivity index (χ0n) is 12.2. The molecule has 0 radical (unpaired) electrons. The Kier molecular flexibility index (Phi) is 5.94. The van der Waals surface area contributed by atoms with Crippen molar-refractivity contribution in [3.8, 4) is 5.75 Å². The van der Waals surface area contributed by atoms with E-state index in [9.17, 15) is 4.79 Å². The lowest BCUT2D eigenvalue weighted by molar-refractivity contribution is -0.139. The number of nitrogens with zero attached hydrogens (tertiary/aromatic N) is 1. The van der Waals surface area contributed by atoms with Gasteiger partial charge in [-0.25, -0.2) is 4.79 Å². The lowest BCUT2D eigenvalue weighted by Gasteiger charge is -2.07. The van der Waals surface area contributed by atoms with Crippen LogP contribution in [0.4, 0.5) is 0 Å². The molecule has 6 nitrogen and oxygen atoms in total. The molecule has 0 unspecified atom stereocenters. The minimum absolute atomic E-state index is 0.133. The van der Waals surface area contributed by atoms with Crippen LogP contribution in [0.25, 0.3) is 0 Å². The molecule has 0 aliphatic rings. The van der Waals surface area contributed by atoms with E-state index in [1.54, 1.807) is 36.4 Å². The number of hydrogen-bond donors (Lipinski definition) is 2. The number of benzene rings is 2. The third-order valence-electron chi connectivity index (χ3n) is 2.87. The lowest BCUT2D eigenvalue weighted by Crippen LogP contribution is -2.13. The van der Waals surface area contributed by atoms with Gasteiger partial charge in [-0.3, -0.25) is 5.41 Å². The molecule has 0 heterocycles. The number of amidine groups is 1. The molecule has 2 aromatic rings. The fraction of sp³-hybridized carbons (Fsp3) is 0.0625. The quantitative estimate of drug-likeness (QED) is 0.448. The van der Waals surface area contributed by atoms with Gasteiger partial charge in [-0.1, -0.05) is 39.7 Å². The van der Waals surface area contributed by atoms with Gasteiger partial charge in [-0.05, 0) is 30.3 Å². The van der Waals surface area contributed by atoms with Crippen molar-refractivity contribution in [2.75, 3.05) is 6.61 Å². The molecule has 0 amide bonds. The molecule has 0 aliphatic heterocycles. The molecule has 2 rings (SSSR count). The third-order valence-corrected chi connectivity index (χ3v) is 3.60. The number of carboxylic acids is 1. The Morgan fingerprint density at radius 1 is 1.33 bits per heavy atom. The predicted molar refractivity (Wildman–Crippen MR) is 95.7 cm³/mol. The van der Waals surface area contributed by atoms with E-state index in [0.29, 0.717) is 15.1 Å². The first-order valence-electron chi connectivity index (χ1n) is 6.66. The summed E-state index contributed by atoms with van der Waals surface area (Å²) < 4.78 is 5.84. The smallest absolute Gasteiger partial charge is 0.370 e. The van der Waals surface area contributed by atoms with Gasteiger partial charge in [0.1, 0.15) is 11.3 Å². The number of aliphatic carboxylic acids is 1. The van der Waals surface area contributed by atoms with Crippen LogP contribution in [0.3, 0.4) is 0 Å². The number of aliphatic imine (C=N–C) groups is 1. The Bertz CT molecular complexity index is 823. The second-order valence-electron chi connectivity index (χ2n) is 4.64. The van der Waals surface area contributed by atoms with Gasteiger partial charge >= 0.3 is 11.9 Å². The van der Waals surface area contributed by atoms with Gasteiger partial charge in [0.15, 0.2) is 12.4 Å². The van der Waals surface area contributed by atoms with Crippen LogP contribution in [-0.2, 0) is 4.79 Å². The molecule has 8 heteroatoms. The van der Waals surface area contributed by atoms with Crippen molar-refractivity contribution in [2.24, 2.45) is 4.99 Å². The van der Waals surface area contributed by atoms with E-state index in [-0.39, 0.29) is 23.0 Å². The minimum atomic E-state index is -1.13. The molecule has 4 N–H and O–H groups in total. The minimum Gasteiger partial charge on any atom is -0.578 e. The molecule has 0 saturated carbocycles. The Labute approximate surface area is 151 Å². The van der Waals surface area contributed by atoms with E-state index < -0.39 is 12.6 Å². The molecule has 0 fully saturated rings. The number of ether oxygens (including phenoxy) is 1. The van der Waals surface area contributed by atoms with Crippen LogP contribution in [0, 0.1) is 5.41 Å². The zero-order valence-corrected chi connectivity index (χ0v) is 14.6. The highest BCUT2D eigenvalue weighted by Gasteiger charge is 2.17. The Morgan fingerprint density at radius 3 is 2.75 bits per heavy atom. The van der Waals surface area contributed by atoms with E-state index >= 15 is 0 Å². The number of halogens is 2. The highest BCUT2D eigenvalue weighted by Crippen LogP contribution is 2.24. The standard InChI is InChI=1S/C16H12BrClN2O4/c17-10-4-5-13(24-8-14(21)22)12(7-10)16(23)20-15(19)9-2-1-3-11(18)6-9/h1-7H,8H2,(H,21,22)(H2,19,20,23)/p+1. The van der Waals surface area contributed by atoms with Gasteiger partial charge in [-0.15, -0.1) is 4.99 Å². The average molecular weight is 413 g/mol. The molecular weight excluding hydrogens is 400 g/mol. The van der Waals surface area contributed by atoms with Crippen LogP contribution in [0.1, 0.15) is 11.1 Å². The summed E-state index contributed by atoms with van der Waals surface area (Å²) in [5.74, 6) is -1.28. The monoisotopic (exact) mass is 411 g/mol. The number of carbonyl (C=O) groups is 1. The first kappa shape index (κ1) is 18.0. The van der Waals surface area contributed by atoms with Crippen LogP contribution in [-0.4, -0.2) is 34.5 Å². The third kappa shape index (κ3) is 4.81. The van der Waals surface area contributed by atoms with Crippen LogP contribution in [0.15, 0.2) is 51.9 Å². The maximum atomic E-state index is 10.7. The number of nitrogens with one attached hydrogen (secondary N) is 1. The highest BCUT2D eigenvalue weighted by molar-refractivity contribution is 9.10. The van der Waals surface area contributed by atoms with E-state index in [1.807, 2.05) is 0 Å². The first-order chi connectivity index (χ1) is 11.4. The zero-order chi connectivity index (χ0) is 17.7. The van der Waals surface area contributed by atoms with Crippen molar-refractivity contribution >= 4 is 45.2 Å². The summed E-state index contributed by atoms with van der Waals surface area (Å²) in [5.41, 5.74) is 0.743. The molecule has 24 heavy (non-hydrogen) atoms. The van der Waals surface area contributed by atoms with Crippen molar-refractivity contribution in [1.29, 1.82) is 5.41 Å². The van der Waals surface area contributed by atoms with Gasteiger partial charge in [0.2, 0.25) is 0 Å². The topological polar surface area (TPSA) is 106 Å². The molecular formula is C16H13BrClN2O4+. The van der Waals surface area contributed by atoms with Gasteiger partial charge in [0.05, 0.1) is 0 Å². The summed E-state index contributed by atoms with van der Waals surface area (Å²) in [6.07, 6.45) is 0. The fourth-order valence-electron chi connectivity index (χ4n) is 1.82.